The van der Waals surface area contributed by atoms with Crippen molar-refractivity contribution in [2.24, 2.45) is 5.73 Å². The normalized spacial score (nSPS) is 10.3. The van der Waals surface area contributed by atoms with E-state index in [2.05, 4.69) is 0 Å². The van der Waals surface area contributed by atoms with Gasteiger partial charge in [0.1, 0.15) is 12.3 Å². The minimum atomic E-state index is -0.281. The molecule has 0 bridgehead atoms. The molecule has 1 aromatic heterocycles. The van der Waals surface area contributed by atoms with E-state index in [1.165, 1.54) is 9.80 Å². The average molecular weight is 267 g/mol. The Bertz CT molecular complexity index is 440. The predicted octanol–water partition coefficient (Wildman–Crippen LogP) is 0.679. The average Bonchev–Trinajstić information content (AvgIpc) is 2.85. The highest BCUT2D eigenvalue weighted by Crippen LogP contribution is 2.11. The summed E-state index contributed by atoms with van der Waals surface area (Å²) in [5.74, 6) is 0.378. The van der Waals surface area contributed by atoms with Crippen LogP contribution in [0, 0.1) is 0 Å². The molecule has 0 saturated carbocycles. The molecule has 0 aliphatic rings. The Hall–Kier alpha value is -1.82. The van der Waals surface area contributed by atoms with Gasteiger partial charge in [0.05, 0.1) is 6.54 Å². The van der Waals surface area contributed by atoms with Crippen molar-refractivity contribution in [1.82, 2.24) is 9.80 Å². The molecule has 0 radical (unpaired) electrons. The second kappa shape index (κ2) is 6.94. The van der Waals surface area contributed by atoms with Gasteiger partial charge in [0.2, 0.25) is 5.91 Å². The van der Waals surface area contributed by atoms with Gasteiger partial charge < -0.3 is 20.0 Å². The lowest BCUT2D eigenvalue weighted by atomic mass is 10.3. The van der Waals surface area contributed by atoms with Crippen molar-refractivity contribution in [2.45, 2.75) is 19.9 Å². The Morgan fingerprint density at radius 1 is 1.32 bits per heavy atom. The molecule has 0 unspecified atom stereocenters. The van der Waals surface area contributed by atoms with Gasteiger partial charge in [-0.15, -0.1) is 0 Å². The molecule has 1 heterocycles. The number of carbonyl (C=O) groups excluding carboxylic acids is 2. The van der Waals surface area contributed by atoms with Gasteiger partial charge in [-0.25, -0.2) is 0 Å². The molecule has 6 nitrogen and oxygen atoms in total. The van der Waals surface area contributed by atoms with Crippen LogP contribution in [0.2, 0.25) is 0 Å². The fourth-order valence-corrected chi connectivity index (χ4v) is 1.59. The molecule has 19 heavy (non-hydrogen) atoms. The van der Waals surface area contributed by atoms with Crippen LogP contribution in [0.1, 0.15) is 29.7 Å². The molecule has 0 spiro atoms. The van der Waals surface area contributed by atoms with Crippen LogP contribution in [-0.2, 0) is 11.3 Å². The molecule has 2 N–H and O–H groups in total. The Morgan fingerprint density at radius 2 is 2.00 bits per heavy atom. The molecule has 106 valence electrons. The lowest BCUT2D eigenvalue weighted by Crippen LogP contribution is -2.40. The SMILES string of the molecule is CCCN(CC(=O)N(C)C)C(=O)c1ccc(CN)o1. The smallest absolute Gasteiger partial charge is 0.290 e. The molecule has 0 aromatic carbocycles. The standard InChI is InChI=1S/C13H21N3O3/c1-4-7-16(9-12(17)15(2)3)13(18)11-6-5-10(8-14)19-11/h5-6H,4,7-9,14H2,1-3H3. The molecule has 0 atom stereocenters. The summed E-state index contributed by atoms with van der Waals surface area (Å²) in [6.07, 6.45) is 0.775. The van der Waals surface area contributed by atoms with Crippen LogP contribution in [0.25, 0.3) is 0 Å². The summed E-state index contributed by atoms with van der Waals surface area (Å²) in [6.45, 7) is 2.76. The summed E-state index contributed by atoms with van der Waals surface area (Å²) < 4.78 is 5.32. The van der Waals surface area contributed by atoms with Gasteiger partial charge in [-0.3, -0.25) is 9.59 Å². The van der Waals surface area contributed by atoms with Crippen LogP contribution in [0.5, 0.6) is 0 Å². The van der Waals surface area contributed by atoms with Crippen LogP contribution in [0.3, 0.4) is 0 Å². The minimum absolute atomic E-state index is 0.0539. The van der Waals surface area contributed by atoms with Crippen molar-refractivity contribution in [1.29, 1.82) is 0 Å². The first-order chi connectivity index (χ1) is 8.99. The molecule has 0 fully saturated rings. The van der Waals surface area contributed by atoms with Crippen molar-refractivity contribution in [2.75, 3.05) is 27.2 Å². The second-order valence-electron chi connectivity index (χ2n) is 4.48. The van der Waals surface area contributed by atoms with Crippen molar-refractivity contribution >= 4 is 11.8 Å². The van der Waals surface area contributed by atoms with Gasteiger partial charge in [-0.1, -0.05) is 6.92 Å². The van der Waals surface area contributed by atoms with Gasteiger partial charge in [-0.2, -0.15) is 0 Å². The van der Waals surface area contributed by atoms with Crippen LogP contribution >= 0.6 is 0 Å². The number of hydrogen-bond acceptors (Lipinski definition) is 4. The van der Waals surface area contributed by atoms with E-state index in [9.17, 15) is 9.59 Å². The minimum Gasteiger partial charge on any atom is -0.455 e. The highest BCUT2D eigenvalue weighted by atomic mass is 16.4. The number of rotatable bonds is 6. The first-order valence-electron chi connectivity index (χ1n) is 6.27. The van der Waals surface area contributed by atoms with E-state index in [1.807, 2.05) is 6.92 Å². The number of carbonyl (C=O) groups is 2. The summed E-state index contributed by atoms with van der Waals surface area (Å²) in [7, 11) is 3.33. The van der Waals surface area contributed by atoms with Gasteiger partial charge in [-0.05, 0) is 18.6 Å². The van der Waals surface area contributed by atoms with Gasteiger partial charge in [0.15, 0.2) is 5.76 Å². The van der Waals surface area contributed by atoms with E-state index in [1.54, 1.807) is 26.2 Å². The zero-order valence-corrected chi connectivity index (χ0v) is 11.7. The lowest BCUT2D eigenvalue weighted by molar-refractivity contribution is -0.129. The summed E-state index contributed by atoms with van der Waals surface area (Å²) in [4.78, 5) is 26.9. The van der Waals surface area contributed by atoms with Crippen LogP contribution in [0.15, 0.2) is 16.5 Å². The topological polar surface area (TPSA) is 79.8 Å². The molecular weight excluding hydrogens is 246 g/mol. The zero-order valence-electron chi connectivity index (χ0n) is 11.7. The number of likely N-dealkylation sites (N-methyl/N-ethyl adjacent to an activating group) is 1. The fourth-order valence-electron chi connectivity index (χ4n) is 1.59. The van der Waals surface area contributed by atoms with Crippen LogP contribution in [0.4, 0.5) is 0 Å². The van der Waals surface area contributed by atoms with E-state index < -0.39 is 0 Å². The maximum atomic E-state index is 12.2. The fraction of sp³-hybridized carbons (Fsp3) is 0.538. The van der Waals surface area contributed by atoms with E-state index in [0.717, 1.165) is 6.42 Å². The molecule has 6 heteroatoms. The van der Waals surface area contributed by atoms with E-state index in [4.69, 9.17) is 10.2 Å². The zero-order chi connectivity index (χ0) is 14.4. The molecule has 0 aliphatic heterocycles. The van der Waals surface area contributed by atoms with Crippen molar-refractivity contribution in [3.8, 4) is 0 Å². The molecule has 1 rings (SSSR count). The Kier molecular flexibility index (Phi) is 5.57. The third-order valence-electron chi connectivity index (χ3n) is 2.68. The molecule has 0 aliphatic carbocycles. The molecule has 0 saturated heterocycles. The van der Waals surface area contributed by atoms with Crippen molar-refractivity contribution < 1.29 is 14.0 Å². The first kappa shape index (κ1) is 15.2. The van der Waals surface area contributed by atoms with E-state index in [0.29, 0.717) is 12.3 Å². The first-order valence-corrected chi connectivity index (χ1v) is 6.27. The highest BCUT2D eigenvalue weighted by molar-refractivity contribution is 5.94. The molecule has 1 aromatic rings. The lowest BCUT2D eigenvalue weighted by Gasteiger charge is -2.22. The summed E-state index contributed by atoms with van der Waals surface area (Å²) in [5.41, 5.74) is 5.44. The maximum absolute atomic E-state index is 12.2. The largest absolute Gasteiger partial charge is 0.455 e. The highest BCUT2D eigenvalue weighted by Gasteiger charge is 2.21. The maximum Gasteiger partial charge on any atom is 0.290 e. The van der Waals surface area contributed by atoms with E-state index in [-0.39, 0.29) is 30.7 Å². The number of furan rings is 1. The molecular formula is C13H21N3O3. The van der Waals surface area contributed by atoms with Crippen LogP contribution < -0.4 is 5.73 Å². The monoisotopic (exact) mass is 267 g/mol. The second-order valence-corrected chi connectivity index (χ2v) is 4.48. The molecule has 2 amide bonds. The Labute approximate surface area is 113 Å². The summed E-state index contributed by atoms with van der Waals surface area (Å²) in [5, 5.41) is 0. The number of nitrogens with two attached hydrogens (primary N) is 1. The van der Waals surface area contributed by atoms with Gasteiger partial charge >= 0.3 is 0 Å². The van der Waals surface area contributed by atoms with Gasteiger partial charge in [0.25, 0.3) is 5.91 Å². The van der Waals surface area contributed by atoms with E-state index >= 15 is 0 Å². The number of hydrogen-bond donors (Lipinski definition) is 1. The quantitative estimate of drug-likeness (QED) is 0.822. The van der Waals surface area contributed by atoms with Crippen LogP contribution in [-0.4, -0.2) is 48.8 Å². The number of nitrogens with zero attached hydrogens (tertiary/aromatic N) is 2. The van der Waals surface area contributed by atoms with Gasteiger partial charge in [0, 0.05) is 20.6 Å². The predicted molar refractivity (Wildman–Crippen MR) is 71.5 cm³/mol. The van der Waals surface area contributed by atoms with Crippen molar-refractivity contribution in [3.05, 3.63) is 23.7 Å². The Morgan fingerprint density at radius 3 is 2.47 bits per heavy atom. The Balaban J connectivity index is 2.80. The summed E-state index contributed by atoms with van der Waals surface area (Å²) >= 11 is 0. The number of amides is 2. The summed E-state index contributed by atoms with van der Waals surface area (Å²) in [6, 6.07) is 3.26. The van der Waals surface area contributed by atoms with Crippen molar-refractivity contribution in [3.63, 3.8) is 0 Å². The third kappa shape index (κ3) is 4.10. The third-order valence-corrected chi connectivity index (χ3v) is 2.68.